The summed E-state index contributed by atoms with van der Waals surface area (Å²) in [4.78, 5) is 18.6. The van der Waals surface area contributed by atoms with E-state index in [1.165, 1.54) is 18.3 Å². The van der Waals surface area contributed by atoms with Crippen LogP contribution in [0.1, 0.15) is 11.8 Å². The van der Waals surface area contributed by atoms with Crippen LogP contribution < -0.4 is 4.84 Å². The van der Waals surface area contributed by atoms with Crippen molar-refractivity contribution in [1.29, 1.82) is 0 Å². The lowest BCUT2D eigenvalue weighted by Gasteiger charge is -1.99. The number of carbonyl (C=O) groups is 1. The number of rotatable bonds is 2. The number of aryl methyl sites for hydroxylation is 1. The molecule has 0 saturated heterocycles. The van der Waals surface area contributed by atoms with Crippen molar-refractivity contribution >= 4 is 17.3 Å². The molecule has 0 amide bonds. The van der Waals surface area contributed by atoms with Crippen LogP contribution in [0.3, 0.4) is 0 Å². The maximum absolute atomic E-state index is 10.8. The molecule has 78 valence electrons. The van der Waals surface area contributed by atoms with E-state index in [0.29, 0.717) is 5.82 Å². The summed E-state index contributed by atoms with van der Waals surface area (Å²) in [5, 5.41) is 10.8. The van der Waals surface area contributed by atoms with E-state index in [2.05, 4.69) is 15.5 Å². The van der Waals surface area contributed by atoms with Gasteiger partial charge in [0.25, 0.3) is 0 Å². The van der Waals surface area contributed by atoms with Gasteiger partial charge in [0.2, 0.25) is 5.82 Å². The third-order valence-electron chi connectivity index (χ3n) is 1.62. The second kappa shape index (κ2) is 3.77. The molecule has 0 saturated carbocycles. The van der Waals surface area contributed by atoms with Gasteiger partial charge in [0.05, 0.1) is 4.88 Å². The number of tetrazole rings is 1. The van der Waals surface area contributed by atoms with Crippen LogP contribution in [0.5, 0.6) is 0 Å². The fourth-order valence-corrected chi connectivity index (χ4v) is 1.89. The fourth-order valence-electron chi connectivity index (χ4n) is 1.06. The average molecular weight is 224 g/mol. The normalized spacial score (nSPS) is 10.3. The lowest BCUT2D eigenvalue weighted by molar-refractivity contribution is -0.143. The molecule has 0 aliphatic heterocycles. The second-order valence-electron chi connectivity index (χ2n) is 2.87. The highest BCUT2D eigenvalue weighted by atomic mass is 32.1. The quantitative estimate of drug-likeness (QED) is 0.702. The topological polar surface area (TPSA) is 69.9 Å². The van der Waals surface area contributed by atoms with Crippen LogP contribution in [0.2, 0.25) is 0 Å². The van der Waals surface area contributed by atoms with E-state index in [-0.39, 0.29) is 0 Å². The molecular weight excluding hydrogens is 216 g/mol. The van der Waals surface area contributed by atoms with Gasteiger partial charge in [0, 0.05) is 11.8 Å². The number of hydrogen-bond acceptors (Lipinski definition) is 6. The van der Waals surface area contributed by atoms with E-state index in [1.807, 2.05) is 19.1 Å². The number of carbonyl (C=O) groups excluding carboxylic acids is 1. The molecule has 2 aromatic rings. The van der Waals surface area contributed by atoms with E-state index >= 15 is 0 Å². The Morgan fingerprint density at radius 1 is 1.53 bits per heavy atom. The van der Waals surface area contributed by atoms with Crippen molar-refractivity contribution in [3.8, 4) is 10.7 Å². The van der Waals surface area contributed by atoms with E-state index in [1.54, 1.807) is 0 Å². The summed E-state index contributed by atoms with van der Waals surface area (Å²) < 4.78 is 0. The Balaban J connectivity index is 2.36. The predicted molar refractivity (Wildman–Crippen MR) is 53.1 cm³/mol. The molecule has 2 rings (SSSR count). The largest absolute Gasteiger partial charge is 0.332 e. The van der Waals surface area contributed by atoms with Gasteiger partial charge in [0.15, 0.2) is 0 Å². The van der Waals surface area contributed by atoms with Gasteiger partial charge in [-0.2, -0.15) is 0 Å². The number of aromatic nitrogens is 4. The highest BCUT2D eigenvalue weighted by Crippen LogP contribution is 2.24. The maximum atomic E-state index is 10.8. The van der Waals surface area contributed by atoms with E-state index < -0.39 is 5.97 Å². The monoisotopic (exact) mass is 224 g/mol. The number of hydrogen-bond donors (Lipinski definition) is 0. The van der Waals surface area contributed by atoms with Crippen LogP contribution in [-0.2, 0) is 4.79 Å². The van der Waals surface area contributed by atoms with Crippen LogP contribution in [-0.4, -0.2) is 26.3 Å². The lowest BCUT2D eigenvalue weighted by Crippen LogP contribution is -2.18. The number of thiophene rings is 1. The molecule has 7 heteroatoms. The van der Waals surface area contributed by atoms with Gasteiger partial charge in [-0.1, -0.05) is 0 Å². The van der Waals surface area contributed by atoms with Gasteiger partial charge in [-0.25, -0.2) is 4.79 Å². The van der Waals surface area contributed by atoms with Gasteiger partial charge in [-0.05, 0) is 34.3 Å². The molecule has 0 N–H and O–H groups in total. The first-order valence-electron chi connectivity index (χ1n) is 4.21. The molecule has 0 atom stereocenters. The third kappa shape index (κ3) is 2.01. The molecule has 6 nitrogen and oxygen atoms in total. The van der Waals surface area contributed by atoms with Gasteiger partial charge in [0.1, 0.15) is 0 Å². The van der Waals surface area contributed by atoms with Crippen LogP contribution in [0.15, 0.2) is 12.1 Å². The zero-order valence-electron chi connectivity index (χ0n) is 8.17. The van der Waals surface area contributed by atoms with Crippen molar-refractivity contribution in [3.05, 3.63) is 17.0 Å². The molecule has 0 aliphatic carbocycles. The summed E-state index contributed by atoms with van der Waals surface area (Å²) in [5.41, 5.74) is 0. The lowest BCUT2D eigenvalue weighted by atomic mass is 10.4. The van der Waals surface area contributed by atoms with E-state index in [4.69, 9.17) is 4.84 Å². The van der Waals surface area contributed by atoms with Gasteiger partial charge in [-0.15, -0.1) is 16.4 Å². The highest BCUT2D eigenvalue weighted by molar-refractivity contribution is 7.15. The Kier molecular flexibility index (Phi) is 2.46. The molecule has 0 fully saturated rings. The molecule has 0 aliphatic rings. The minimum Gasteiger partial charge on any atom is -0.316 e. The molecule has 2 heterocycles. The molecule has 2 aromatic heterocycles. The van der Waals surface area contributed by atoms with Crippen molar-refractivity contribution in [3.63, 3.8) is 0 Å². The van der Waals surface area contributed by atoms with Crippen molar-refractivity contribution in [2.24, 2.45) is 0 Å². The summed E-state index contributed by atoms with van der Waals surface area (Å²) in [6, 6.07) is 3.83. The molecule has 15 heavy (non-hydrogen) atoms. The summed E-state index contributed by atoms with van der Waals surface area (Å²) >= 11 is 1.53. The molecule has 0 radical (unpaired) electrons. The Morgan fingerprint density at radius 2 is 2.33 bits per heavy atom. The van der Waals surface area contributed by atoms with Crippen molar-refractivity contribution in [1.82, 2.24) is 20.4 Å². The van der Waals surface area contributed by atoms with Gasteiger partial charge < -0.3 is 4.84 Å². The Morgan fingerprint density at radius 3 is 2.93 bits per heavy atom. The van der Waals surface area contributed by atoms with Crippen LogP contribution in [0.4, 0.5) is 0 Å². The maximum Gasteiger partial charge on any atom is 0.332 e. The summed E-state index contributed by atoms with van der Waals surface area (Å²) in [6.07, 6.45) is 0. The van der Waals surface area contributed by atoms with Crippen LogP contribution in [0.25, 0.3) is 10.7 Å². The van der Waals surface area contributed by atoms with Gasteiger partial charge >= 0.3 is 5.97 Å². The zero-order valence-corrected chi connectivity index (χ0v) is 8.98. The van der Waals surface area contributed by atoms with Crippen molar-refractivity contribution < 1.29 is 9.63 Å². The van der Waals surface area contributed by atoms with Crippen molar-refractivity contribution in [2.75, 3.05) is 0 Å². The van der Waals surface area contributed by atoms with Gasteiger partial charge in [-0.3, -0.25) is 0 Å². The minimum absolute atomic E-state index is 0.434. The summed E-state index contributed by atoms with van der Waals surface area (Å²) in [5.74, 6) is -0.0277. The summed E-state index contributed by atoms with van der Waals surface area (Å²) in [6.45, 7) is 3.28. The van der Waals surface area contributed by atoms with Crippen LogP contribution >= 0.6 is 11.3 Å². The predicted octanol–water partition coefficient (Wildman–Crippen LogP) is 0.685. The SMILES string of the molecule is CC(=O)On1nnnc1-c1ccc(C)s1. The molecule has 0 spiro atoms. The standard InChI is InChI=1S/C8H8N4O2S/c1-5-3-4-7(15-5)8-9-10-11-12(8)14-6(2)13/h3-4H,1-2H3. The minimum atomic E-state index is -0.461. The average Bonchev–Trinajstić information content (AvgIpc) is 2.72. The smallest absolute Gasteiger partial charge is 0.316 e. The first-order chi connectivity index (χ1) is 7.16. The second-order valence-corrected chi connectivity index (χ2v) is 4.16. The first-order valence-corrected chi connectivity index (χ1v) is 5.02. The molecule has 0 bridgehead atoms. The highest BCUT2D eigenvalue weighted by Gasteiger charge is 2.12. The summed E-state index contributed by atoms with van der Waals surface area (Å²) in [7, 11) is 0. The van der Waals surface area contributed by atoms with E-state index in [9.17, 15) is 4.79 Å². The Hall–Kier alpha value is -1.76. The van der Waals surface area contributed by atoms with Crippen LogP contribution in [0, 0.1) is 6.92 Å². The van der Waals surface area contributed by atoms with E-state index in [0.717, 1.165) is 14.6 Å². The van der Waals surface area contributed by atoms with Crippen molar-refractivity contribution in [2.45, 2.75) is 13.8 Å². The third-order valence-corrected chi connectivity index (χ3v) is 2.61. The Bertz CT molecular complexity index is 490. The molecule has 0 aromatic carbocycles. The molecular formula is C8H8N4O2S. The number of nitrogens with zero attached hydrogens (tertiary/aromatic N) is 4. The molecule has 0 unspecified atom stereocenters. The fraction of sp³-hybridized carbons (Fsp3) is 0.250. The Labute approximate surface area is 89.4 Å². The first kappa shape index (κ1) is 9.78. The zero-order chi connectivity index (χ0) is 10.8.